The number of hydrogen-bond donors (Lipinski definition) is 1. The number of fused-ring (bicyclic) bond motifs is 3. The summed E-state index contributed by atoms with van der Waals surface area (Å²) in [5.74, 6) is 0. The molecule has 0 amide bonds. The fourth-order valence-electron chi connectivity index (χ4n) is 6.12. The molecule has 2 atom stereocenters. The van der Waals surface area contributed by atoms with Gasteiger partial charge in [0, 0.05) is 35.8 Å². The van der Waals surface area contributed by atoms with Crippen LogP contribution in [0.5, 0.6) is 0 Å². The molecule has 1 saturated carbocycles. The summed E-state index contributed by atoms with van der Waals surface area (Å²) in [4.78, 5) is 19.4. The van der Waals surface area contributed by atoms with Gasteiger partial charge in [0.25, 0.3) is 0 Å². The van der Waals surface area contributed by atoms with Gasteiger partial charge < -0.3 is 4.98 Å². The second kappa shape index (κ2) is 5.69. The molecule has 3 nitrogen and oxygen atoms in total. The topological polar surface area (TPSA) is 36.1 Å². The standard InChI is InChI=1S/C23H32N2O/c1-14-7-15(2)20-19(8-14)24-16(3)18(21(20)26)11-25-13-23(6)10-17(25)9-22(4,5)12-23/h7-8,17H,9-13H2,1-6H3,(H,24,26)/t17-,23+/m1/s1. The van der Waals surface area contributed by atoms with Crippen molar-refractivity contribution >= 4 is 10.9 Å². The van der Waals surface area contributed by atoms with E-state index < -0.39 is 0 Å². The molecule has 0 radical (unpaired) electrons. The highest BCUT2D eigenvalue weighted by Gasteiger charge is 2.49. The van der Waals surface area contributed by atoms with E-state index in [1.54, 1.807) is 0 Å². The van der Waals surface area contributed by atoms with Crippen LogP contribution in [-0.4, -0.2) is 22.5 Å². The minimum Gasteiger partial charge on any atom is -0.358 e. The summed E-state index contributed by atoms with van der Waals surface area (Å²) in [5, 5.41) is 0.866. The molecule has 1 saturated heterocycles. The van der Waals surface area contributed by atoms with Crippen molar-refractivity contribution in [3.8, 4) is 0 Å². The largest absolute Gasteiger partial charge is 0.358 e. The summed E-state index contributed by atoms with van der Waals surface area (Å²) in [5.41, 5.74) is 6.26. The van der Waals surface area contributed by atoms with E-state index in [0.717, 1.165) is 40.8 Å². The van der Waals surface area contributed by atoms with Crippen molar-refractivity contribution in [3.05, 3.63) is 44.7 Å². The Morgan fingerprint density at radius 3 is 2.62 bits per heavy atom. The fraction of sp³-hybridized carbons (Fsp3) is 0.609. The van der Waals surface area contributed by atoms with Gasteiger partial charge in [0.1, 0.15) is 0 Å². The maximum atomic E-state index is 13.3. The van der Waals surface area contributed by atoms with Crippen molar-refractivity contribution in [1.29, 1.82) is 0 Å². The molecule has 26 heavy (non-hydrogen) atoms. The van der Waals surface area contributed by atoms with Gasteiger partial charge in [-0.1, -0.05) is 26.8 Å². The first-order valence-electron chi connectivity index (χ1n) is 9.94. The van der Waals surface area contributed by atoms with E-state index in [2.05, 4.69) is 63.6 Å². The summed E-state index contributed by atoms with van der Waals surface area (Å²) >= 11 is 0. The van der Waals surface area contributed by atoms with Gasteiger partial charge in [-0.05, 0) is 68.1 Å². The van der Waals surface area contributed by atoms with Crippen LogP contribution in [0.1, 0.15) is 62.4 Å². The van der Waals surface area contributed by atoms with Gasteiger partial charge in [0.2, 0.25) is 0 Å². The zero-order valence-corrected chi connectivity index (χ0v) is 17.1. The number of pyridine rings is 1. The van der Waals surface area contributed by atoms with Crippen LogP contribution >= 0.6 is 0 Å². The maximum Gasteiger partial charge on any atom is 0.194 e. The first-order chi connectivity index (χ1) is 12.1. The van der Waals surface area contributed by atoms with E-state index in [4.69, 9.17) is 0 Å². The molecule has 1 aliphatic carbocycles. The van der Waals surface area contributed by atoms with E-state index in [1.807, 2.05) is 0 Å². The molecule has 1 aromatic heterocycles. The van der Waals surface area contributed by atoms with Gasteiger partial charge in [-0.15, -0.1) is 0 Å². The lowest BCUT2D eigenvalue weighted by molar-refractivity contribution is 0.126. The third-order valence-electron chi connectivity index (χ3n) is 6.64. The minimum atomic E-state index is 0.222. The van der Waals surface area contributed by atoms with Crippen LogP contribution in [-0.2, 0) is 6.54 Å². The van der Waals surface area contributed by atoms with Gasteiger partial charge in [-0.25, -0.2) is 0 Å². The number of hydrogen-bond acceptors (Lipinski definition) is 2. The van der Waals surface area contributed by atoms with Crippen molar-refractivity contribution in [3.63, 3.8) is 0 Å². The Morgan fingerprint density at radius 1 is 1.15 bits per heavy atom. The Kier molecular flexibility index (Phi) is 3.89. The average molecular weight is 353 g/mol. The molecule has 2 fully saturated rings. The number of aromatic amines is 1. The third-order valence-corrected chi connectivity index (χ3v) is 6.64. The summed E-state index contributed by atoms with van der Waals surface area (Å²) in [6.45, 7) is 15.3. The number of rotatable bonds is 2. The zero-order valence-electron chi connectivity index (χ0n) is 17.1. The Morgan fingerprint density at radius 2 is 1.88 bits per heavy atom. The quantitative estimate of drug-likeness (QED) is 0.838. The summed E-state index contributed by atoms with van der Waals surface area (Å²) in [7, 11) is 0. The predicted molar refractivity (Wildman–Crippen MR) is 109 cm³/mol. The summed E-state index contributed by atoms with van der Waals surface area (Å²) in [6.07, 6.45) is 3.81. The number of likely N-dealkylation sites (tertiary alicyclic amines) is 1. The lowest BCUT2D eigenvalue weighted by Crippen LogP contribution is -2.35. The van der Waals surface area contributed by atoms with Crippen LogP contribution in [0.25, 0.3) is 10.9 Å². The molecular weight excluding hydrogens is 320 g/mol. The highest BCUT2D eigenvalue weighted by molar-refractivity contribution is 5.83. The second-order valence-corrected chi connectivity index (χ2v) is 10.2. The zero-order chi connectivity index (χ0) is 18.9. The van der Waals surface area contributed by atoms with E-state index in [1.165, 1.54) is 24.8 Å². The van der Waals surface area contributed by atoms with Crippen molar-refractivity contribution in [1.82, 2.24) is 9.88 Å². The normalized spacial score (nSPS) is 28.0. The van der Waals surface area contributed by atoms with Crippen LogP contribution in [0, 0.1) is 31.6 Å². The highest BCUT2D eigenvalue weighted by Crippen LogP contribution is 2.52. The highest BCUT2D eigenvalue weighted by atomic mass is 16.1. The molecule has 1 aliphatic heterocycles. The Hall–Kier alpha value is -1.61. The molecular formula is C23H32N2O. The van der Waals surface area contributed by atoms with Crippen molar-refractivity contribution in [2.45, 2.75) is 73.4 Å². The van der Waals surface area contributed by atoms with Crippen molar-refractivity contribution in [2.24, 2.45) is 10.8 Å². The van der Waals surface area contributed by atoms with Gasteiger partial charge in [-0.3, -0.25) is 9.69 Å². The molecule has 2 bridgehead atoms. The Balaban J connectivity index is 1.74. The van der Waals surface area contributed by atoms with Crippen LogP contribution in [0.15, 0.2) is 16.9 Å². The number of H-pyrrole nitrogens is 1. The average Bonchev–Trinajstić information content (AvgIpc) is 2.70. The molecule has 2 heterocycles. The van der Waals surface area contributed by atoms with Gasteiger partial charge in [0.15, 0.2) is 5.43 Å². The first-order valence-corrected chi connectivity index (χ1v) is 9.94. The molecule has 2 aliphatic rings. The van der Waals surface area contributed by atoms with E-state index in [9.17, 15) is 4.79 Å². The number of nitrogens with one attached hydrogen (secondary N) is 1. The van der Waals surface area contributed by atoms with Crippen LogP contribution in [0.4, 0.5) is 0 Å². The Labute approximate surface area is 156 Å². The van der Waals surface area contributed by atoms with Gasteiger partial charge in [-0.2, -0.15) is 0 Å². The molecule has 1 N–H and O–H groups in total. The monoisotopic (exact) mass is 352 g/mol. The summed E-state index contributed by atoms with van der Waals surface area (Å²) in [6, 6.07) is 4.81. The van der Waals surface area contributed by atoms with Gasteiger partial charge in [0.05, 0.1) is 5.52 Å². The minimum absolute atomic E-state index is 0.222. The van der Waals surface area contributed by atoms with Crippen molar-refractivity contribution < 1.29 is 0 Å². The molecule has 4 rings (SSSR count). The SMILES string of the molecule is Cc1cc(C)c2c(=O)c(CN3C[C@@]4(C)C[C@H]3CC(C)(C)C4)c(C)[nH]c2c1. The number of nitrogens with zero attached hydrogens (tertiary/aromatic N) is 1. The lowest BCUT2D eigenvalue weighted by atomic mass is 9.65. The van der Waals surface area contributed by atoms with E-state index >= 15 is 0 Å². The predicted octanol–water partition coefficient (Wildman–Crippen LogP) is 4.85. The third kappa shape index (κ3) is 2.90. The smallest absolute Gasteiger partial charge is 0.194 e. The van der Waals surface area contributed by atoms with Gasteiger partial charge >= 0.3 is 0 Å². The van der Waals surface area contributed by atoms with E-state index in [0.29, 0.717) is 16.9 Å². The Bertz CT molecular complexity index is 939. The van der Waals surface area contributed by atoms with Crippen molar-refractivity contribution in [2.75, 3.05) is 6.54 Å². The second-order valence-electron chi connectivity index (χ2n) is 10.2. The lowest BCUT2D eigenvalue weighted by Gasteiger charge is -2.40. The molecule has 3 heteroatoms. The van der Waals surface area contributed by atoms with Crippen LogP contribution < -0.4 is 5.43 Å². The molecule has 1 aromatic carbocycles. The molecule has 0 spiro atoms. The van der Waals surface area contributed by atoms with Crippen LogP contribution in [0.3, 0.4) is 0 Å². The first kappa shape index (κ1) is 17.8. The molecule has 0 unspecified atom stereocenters. The number of aromatic nitrogens is 1. The fourth-order valence-corrected chi connectivity index (χ4v) is 6.12. The number of aryl methyl sites for hydroxylation is 3. The number of benzene rings is 1. The van der Waals surface area contributed by atoms with Crippen LogP contribution in [0.2, 0.25) is 0 Å². The van der Waals surface area contributed by atoms with E-state index in [-0.39, 0.29) is 5.43 Å². The molecule has 2 aromatic rings. The maximum absolute atomic E-state index is 13.3. The summed E-state index contributed by atoms with van der Waals surface area (Å²) < 4.78 is 0. The molecule has 140 valence electrons.